The molecule has 4 heteroatoms. The fraction of sp³-hybridized carbons (Fsp3) is 0.400. The number of benzene rings is 1. The number of nitrogens with two attached hydrogens (primary N) is 1. The van der Waals surface area contributed by atoms with Gasteiger partial charge in [-0.05, 0) is 23.3 Å². The summed E-state index contributed by atoms with van der Waals surface area (Å²) in [6, 6.07) is 8.32. The third-order valence-corrected chi connectivity index (χ3v) is 3.36. The van der Waals surface area contributed by atoms with Gasteiger partial charge in [0.1, 0.15) is 0 Å². The highest BCUT2D eigenvalue weighted by Crippen LogP contribution is 2.27. The maximum Gasteiger partial charge on any atom is 0.0488 e. The molecular formula is C15H21N3O. The van der Waals surface area contributed by atoms with E-state index in [2.05, 4.69) is 29.5 Å². The van der Waals surface area contributed by atoms with Crippen LogP contribution in [0, 0.1) is 5.92 Å². The molecule has 0 bridgehead atoms. The van der Waals surface area contributed by atoms with Crippen molar-refractivity contribution in [1.29, 1.82) is 0 Å². The van der Waals surface area contributed by atoms with Crippen molar-refractivity contribution in [2.24, 2.45) is 11.8 Å². The third kappa shape index (κ3) is 3.29. The molecule has 102 valence electrons. The second-order valence-electron chi connectivity index (χ2n) is 4.97. The van der Waals surface area contributed by atoms with Crippen LogP contribution in [0.2, 0.25) is 0 Å². The Morgan fingerprint density at radius 3 is 2.84 bits per heavy atom. The minimum Gasteiger partial charge on any atom is -0.384 e. The topological polar surface area (TPSA) is 60.2 Å². The van der Waals surface area contributed by atoms with E-state index in [0.717, 1.165) is 24.0 Å². The van der Waals surface area contributed by atoms with Crippen molar-refractivity contribution in [3.05, 3.63) is 42.2 Å². The van der Waals surface area contributed by atoms with Crippen LogP contribution in [-0.2, 0) is 4.74 Å². The molecule has 2 aromatic rings. The molecule has 0 aliphatic rings. The van der Waals surface area contributed by atoms with E-state index in [-0.39, 0.29) is 6.04 Å². The normalized spacial score (nSPS) is 14.5. The van der Waals surface area contributed by atoms with Gasteiger partial charge in [0, 0.05) is 37.5 Å². The van der Waals surface area contributed by atoms with Crippen LogP contribution in [0.4, 0.5) is 0 Å². The van der Waals surface area contributed by atoms with Gasteiger partial charge in [-0.3, -0.25) is 16.3 Å². The number of ether oxygens (including phenoxy) is 1. The lowest BCUT2D eigenvalue weighted by atomic mass is 9.94. The number of nitrogens with zero attached hydrogens (tertiary/aromatic N) is 1. The van der Waals surface area contributed by atoms with Gasteiger partial charge in [0.05, 0.1) is 0 Å². The second kappa shape index (κ2) is 6.61. The smallest absolute Gasteiger partial charge is 0.0488 e. The highest BCUT2D eigenvalue weighted by atomic mass is 16.5. The van der Waals surface area contributed by atoms with E-state index in [1.54, 1.807) is 7.11 Å². The molecule has 3 N–H and O–H groups in total. The first kappa shape index (κ1) is 13.9. The molecule has 4 nitrogen and oxygen atoms in total. The SMILES string of the molecule is COCC(C)CC(NN)c1cncc2ccccc12. The number of hydrogen-bond acceptors (Lipinski definition) is 4. The predicted octanol–water partition coefficient (Wildman–Crippen LogP) is 2.41. The molecule has 0 saturated carbocycles. The molecule has 1 aromatic carbocycles. The number of nitrogens with one attached hydrogen (secondary N) is 1. The summed E-state index contributed by atoms with van der Waals surface area (Å²) >= 11 is 0. The lowest BCUT2D eigenvalue weighted by Gasteiger charge is -2.21. The molecule has 2 atom stereocenters. The van der Waals surface area contributed by atoms with Crippen LogP contribution >= 0.6 is 0 Å². The number of aromatic nitrogens is 1. The average molecular weight is 259 g/mol. The molecular weight excluding hydrogens is 238 g/mol. The Morgan fingerprint density at radius 1 is 1.32 bits per heavy atom. The zero-order chi connectivity index (χ0) is 13.7. The Balaban J connectivity index is 2.30. The first-order valence-electron chi connectivity index (χ1n) is 6.54. The molecule has 1 heterocycles. The fourth-order valence-electron chi connectivity index (χ4n) is 2.46. The molecule has 1 aromatic heterocycles. The zero-order valence-corrected chi connectivity index (χ0v) is 11.5. The van der Waals surface area contributed by atoms with Gasteiger partial charge in [-0.1, -0.05) is 31.2 Å². The number of methoxy groups -OCH3 is 1. The Morgan fingerprint density at radius 2 is 2.11 bits per heavy atom. The van der Waals surface area contributed by atoms with Crippen LogP contribution in [-0.4, -0.2) is 18.7 Å². The molecule has 2 unspecified atom stereocenters. The molecule has 2 rings (SSSR count). The summed E-state index contributed by atoms with van der Waals surface area (Å²) in [4.78, 5) is 4.31. The van der Waals surface area contributed by atoms with Gasteiger partial charge in [0.15, 0.2) is 0 Å². The van der Waals surface area contributed by atoms with E-state index < -0.39 is 0 Å². The van der Waals surface area contributed by atoms with Crippen LogP contribution < -0.4 is 11.3 Å². The standard InChI is InChI=1S/C15H21N3O/c1-11(10-19-2)7-15(18-16)14-9-17-8-12-5-3-4-6-13(12)14/h3-6,8-9,11,15,18H,7,10,16H2,1-2H3. The average Bonchev–Trinajstić information content (AvgIpc) is 2.44. The summed E-state index contributed by atoms with van der Waals surface area (Å²) in [6.45, 7) is 2.89. The number of hydrogen-bond donors (Lipinski definition) is 2. The maximum absolute atomic E-state index is 5.72. The molecule has 0 aliphatic heterocycles. The molecule has 0 saturated heterocycles. The molecule has 0 aliphatic carbocycles. The minimum absolute atomic E-state index is 0.0868. The molecule has 0 fully saturated rings. The van der Waals surface area contributed by atoms with Crippen molar-refractivity contribution >= 4 is 10.8 Å². The number of rotatable bonds is 6. The summed E-state index contributed by atoms with van der Waals surface area (Å²) in [5, 5.41) is 2.34. The lowest BCUT2D eigenvalue weighted by Crippen LogP contribution is -2.30. The quantitative estimate of drug-likeness (QED) is 0.618. The number of pyridine rings is 1. The molecule has 0 radical (unpaired) electrons. The van der Waals surface area contributed by atoms with Crippen LogP contribution in [0.5, 0.6) is 0 Å². The van der Waals surface area contributed by atoms with Crippen molar-refractivity contribution in [2.45, 2.75) is 19.4 Å². The molecule has 0 spiro atoms. The van der Waals surface area contributed by atoms with Crippen molar-refractivity contribution in [1.82, 2.24) is 10.4 Å². The van der Waals surface area contributed by atoms with Crippen LogP contribution in [0.3, 0.4) is 0 Å². The summed E-state index contributed by atoms with van der Waals surface area (Å²) < 4.78 is 5.19. The predicted molar refractivity (Wildman–Crippen MR) is 77.5 cm³/mol. The monoisotopic (exact) mass is 259 g/mol. The van der Waals surface area contributed by atoms with Gasteiger partial charge in [-0.15, -0.1) is 0 Å². The highest BCUT2D eigenvalue weighted by Gasteiger charge is 2.16. The van der Waals surface area contributed by atoms with Crippen LogP contribution in [0.15, 0.2) is 36.7 Å². The summed E-state index contributed by atoms with van der Waals surface area (Å²) in [5.41, 5.74) is 4.05. The van der Waals surface area contributed by atoms with Crippen LogP contribution in [0.25, 0.3) is 10.8 Å². The highest BCUT2D eigenvalue weighted by molar-refractivity contribution is 5.85. The first-order chi connectivity index (χ1) is 9.26. The summed E-state index contributed by atoms with van der Waals surface area (Å²) in [6.07, 6.45) is 4.69. The van der Waals surface area contributed by atoms with E-state index in [1.807, 2.05) is 24.5 Å². The van der Waals surface area contributed by atoms with Gasteiger partial charge in [-0.2, -0.15) is 0 Å². The van der Waals surface area contributed by atoms with Gasteiger partial charge in [0.25, 0.3) is 0 Å². The first-order valence-corrected chi connectivity index (χ1v) is 6.54. The molecule has 0 amide bonds. The number of fused-ring (bicyclic) bond motifs is 1. The Kier molecular flexibility index (Phi) is 4.85. The van der Waals surface area contributed by atoms with E-state index in [1.165, 1.54) is 5.39 Å². The van der Waals surface area contributed by atoms with Crippen molar-refractivity contribution in [3.8, 4) is 0 Å². The fourth-order valence-corrected chi connectivity index (χ4v) is 2.46. The van der Waals surface area contributed by atoms with E-state index in [9.17, 15) is 0 Å². The Bertz CT molecular complexity index is 524. The summed E-state index contributed by atoms with van der Waals surface area (Å²) in [7, 11) is 1.72. The summed E-state index contributed by atoms with van der Waals surface area (Å²) in [5.74, 6) is 6.16. The van der Waals surface area contributed by atoms with Gasteiger partial charge in [0.2, 0.25) is 0 Å². The van der Waals surface area contributed by atoms with Crippen molar-refractivity contribution in [2.75, 3.05) is 13.7 Å². The van der Waals surface area contributed by atoms with Crippen molar-refractivity contribution in [3.63, 3.8) is 0 Å². The third-order valence-electron chi connectivity index (χ3n) is 3.36. The molecule has 19 heavy (non-hydrogen) atoms. The number of hydrazine groups is 1. The zero-order valence-electron chi connectivity index (χ0n) is 11.5. The van der Waals surface area contributed by atoms with E-state index in [4.69, 9.17) is 10.6 Å². The maximum atomic E-state index is 5.72. The van der Waals surface area contributed by atoms with E-state index in [0.29, 0.717) is 5.92 Å². The minimum atomic E-state index is 0.0868. The van der Waals surface area contributed by atoms with Gasteiger partial charge in [-0.25, -0.2) is 0 Å². The van der Waals surface area contributed by atoms with Gasteiger partial charge >= 0.3 is 0 Å². The lowest BCUT2D eigenvalue weighted by molar-refractivity contribution is 0.149. The second-order valence-corrected chi connectivity index (χ2v) is 4.97. The van der Waals surface area contributed by atoms with Crippen LogP contribution in [0.1, 0.15) is 24.9 Å². The largest absolute Gasteiger partial charge is 0.384 e. The Labute approximate surface area is 113 Å². The van der Waals surface area contributed by atoms with E-state index >= 15 is 0 Å². The van der Waals surface area contributed by atoms with Gasteiger partial charge < -0.3 is 4.74 Å². The van der Waals surface area contributed by atoms with Crippen molar-refractivity contribution < 1.29 is 4.74 Å². The Hall–Kier alpha value is -1.49.